The van der Waals surface area contributed by atoms with E-state index in [-0.39, 0.29) is 5.78 Å². The molecule has 0 radical (unpaired) electrons. The van der Waals surface area contributed by atoms with Crippen molar-refractivity contribution in [2.24, 2.45) is 5.41 Å². The van der Waals surface area contributed by atoms with Gasteiger partial charge in [0.15, 0.2) is 5.78 Å². The van der Waals surface area contributed by atoms with E-state index in [0.29, 0.717) is 11.5 Å². The monoisotopic (exact) mass is 300 g/mol. The molecule has 1 N–H and O–H groups in total. The van der Waals surface area contributed by atoms with Gasteiger partial charge in [-0.25, -0.2) is 4.98 Å². The minimum Gasteiger partial charge on any atom is -0.367 e. The summed E-state index contributed by atoms with van der Waals surface area (Å²) in [4.78, 5) is 16.5. The van der Waals surface area contributed by atoms with Crippen LogP contribution in [0.2, 0.25) is 0 Å². The smallest absolute Gasteiger partial charge is 0.161 e. The number of anilines is 1. The lowest BCUT2D eigenvalue weighted by atomic mass is 9.75. The largest absolute Gasteiger partial charge is 0.367 e. The van der Waals surface area contributed by atoms with Gasteiger partial charge in [0.05, 0.1) is 0 Å². The molecule has 3 rings (SSSR count). The molecule has 22 heavy (non-hydrogen) atoms. The molecule has 1 heterocycles. The molecule has 0 aliphatic heterocycles. The van der Waals surface area contributed by atoms with E-state index < -0.39 is 0 Å². The molecule has 3 heteroatoms. The predicted octanol–water partition coefficient (Wildman–Crippen LogP) is 4.54. The Labute approximate surface area is 133 Å². The number of hydrogen-bond donors (Lipinski definition) is 1. The fourth-order valence-electron chi connectivity index (χ4n) is 4.19. The number of fused-ring (bicyclic) bond motifs is 1. The van der Waals surface area contributed by atoms with Crippen LogP contribution >= 0.6 is 0 Å². The number of Topliss-reactive ketones (excluding diaryl/α,β-unsaturated/α-hetero) is 1. The minimum absolute atomic E-state index is 0.149. The number of pyridine rings is 1. The lowest BCUT2D eigenvalue weighted by molar-refractivity contribution is 0.101. The molecular weight excluding hydrogens is 272 g/mol. The average Bonchev–Trinajstić information content (AvgIpc) is 2.46. The second-order valence-electron chi connectivity index (χ2n) is 7.84. The second-order valence-corrected chi connectivity index (χ2v) is 7.84. The predicted molar refractivity (Wildman–Crippen MR) is 90.5 cm³/mol. The summed E-state index contributed by atoms with van der Waals surface area (Å²) in [5.74, 6) is 1.19. The van der Waals surface area contributed by atoms with E-state index in [1.165, 1.54) is 49.7 Å². The van der Waals surface area contributed by atoms with E-state index in [2.05, 4.69) is 24.1 Å². The Balaban J connectivity index is 1.86. The van der Waals surface area contributed by atoms with Crippen LogP contribution in [0.4, 0.5) is 5.82 Å². The fraction of sp³-hybridized carbons (Fsp3) is 0.684. The Kier molecular flexibility index (Phi) is 4.24. The zero-order valence-electron chi connectivity index (χ0n) is 14.2. The van der Waals surface area contributed by atoms with E-state index in [4.69, 9.17) is 0 Å². The molecule has 0 saturated heterocycles. The number of nitrogens with zero attached hydrogens (tertiary/aromatic N) is 1. The van der Waals surface area contributed by atoms with Gasteiger partial charge in [0.1, 0.15) is 5.82 Å². The van der Waals surface area contributed by atoms with Crippen LogP contribution < -0.4 is 5.32 Å². The molecule has 1 unspecified atom stereocenters. The summed E-state index contributed by atoms with van der Waals surface area (Å²) in [6.45, 7) is 6.38. The molecule has 1 atom stereocenters. The molecule has 1 aromatic rings. The SMILES string of the molecule is CC(=O)c1cnc(NC2CCCC(C)(C)C2)c2c1CCCC2. The highest BCUT2D eigenvalue weighted by atomic mass is 16.1. The number of rotatable bonds is 3. The van der Waals surface area contributed by atoms with Gasteiger partial charge in [-0.3, -0.25) is 4.79 Å². The Morgan fingerprint density at radius 3 is 2.64 bits per heavy atom. The zero-order valence-corrected chi connectivity index (χ0v) is 14.2. The van der Waals surface area contributed by atoms with Crippen molar-refractivity contribution in [3.8, 4) is 0 Å². The summed E-state index contributed by atoms with van der Waals surface area (Å²) < 4.78 is 0. The quantitative estimate of drug-likeness (QED) is 0.833. The average molecular weight is 300 g/mol. The Hall–Kier alpha value is -1.38. The Morgan fingerprint density at radius 2 is 1.95 bits per heavy atom. The first-order valence-electron chi connectivity index (χ1n) is 8.74. The van der Waals surface area contributed by atoms with Crippen molar-refractivity contribution in [3.63, 3.8) is 0 Å². The van der Waals surface area contributed by atoms with Gasteiger partial charge >= 0.3 is 0 Å². The number of ketones is 1. The molecule has 0 aromatic carbocycles. The normalized spacial score (nSPS) is 23.7. The summed E-state index contributed by atoms with van der Waals surface area (Å²) in [6, 6.07) is 0.519. The van der Waals surface area contributed by atoms with Crippen molar-refractivity contribution < 1.29 is 4.79 Å². The molecule has 0 bridgehead atoms. The van der Waals surface area contributed by atoms with Gasteiger partial charge < -0.3 is 5.32 Å². The van der Waals surface area contributed by atoms with Crippen LogP contribution in [0.25, 0.3) is 0 Å². The molecule has 0 amide bonds. The molecule has 1 saturated carbocycles. The van der Waals surface area contributed by atoms with Crippen LogP contribution in [0, 0.1) is 5.41 Å². The van der Waals surface area contributed by atoms with Crippen LogP contribution in [-0.4, -0.2) is 16.8 Å². The van der Waals surface area contributed by atoms with Gasteiger partial charge in [-0.2, -0.15) is 0 Å². The number of nitrogens with one attached hydrogen (secondary N) is 1. The van der Waals surface area contributed by atoms with Crippen molar-refractivity contribution >= 4 is 11.6 Å². The summed E-state index contributed by atoms with van der Waals surface area (Å²) in [5, 5.41) is 3.71. The van der Waals surface area contributed by atoms with E-state index >= 15 is 0 Å². The third kappa shape index (κ3) is 3.18. The van der Waals surface area contributed by atoms with Crippen LogP contribution in [0.1, 0.15) is 80.8 Å². The highest BCUT2D eigenvalue weighted by molar-refractivity contribution is 5.96. The van der Waals surface area contributed by atoms with E-state index in [1.807, 2.05) is 0 Å². The van der Waals surface area contributed by atoms with Gasteiger partial charge in [0.25, 0.3) is 0 Å². The highest BCUT2D eigenvalue weighted by Gasteiger charge is 2.29. The zero-order chi connectivity index (χ0) is 15.7. The third-order valence-electron chi connectivity index (χ3n) is 5.33. The molecule has 1 fully saturated rings. The summed E-state index contributed by atoms with van der Waals surface area (Å²) in [7, 11) is 0. The van der Waals surface area contributed by atoms with Crippen molar-refractivity contribution in [2.45, 2.75) is 78.2 Å². The first-order chi connectivity index (χ1) is 10.5. The second kappa shape index (κ2) is 6.02. The minimum atomic E-state index is 0.149. The number of aromatic nitrogens is 1. The van der Waals surface area contributed by atoms with Gasteiger partial charge in [0.2, 0.25) is 0 Å². The fourth-order valence-corrected chi connectivity index (χ4v) is 4.19. The number of hydrogen-bond acceptors (Lipinski definition) is 3. The topological polar surface area (TPSA) is 42.0 Å². The molecule has 1 aromatic heterocycles. The van der Waals surface area contributed by atoms with E-state index in [0.717, 1.165) is 24.2 Å². The van der Waals surface area contributed by atoms with Crippen LogP contribution in [0.5, 0.6) is 0 Å². The van der Waals surface area contributed by atoms with Crippen LogP contribution in [0.3, 0.4) is 0 Å². The number of carbonyl (C=O) groups excluding carboxylic acids is 1. The third-order valence-corrected chi connectivity index (χ3v) is 5.33. The molecule has 0 spiro atoms. The highest BCUT2D eigenvalue weighted by Crippen LogP contribution is 2.37. The van der Waals surface area contributed by atoms with Crippen molar-refractivity contribution in [1.82, 2.24) is 4.98 Å². The standard InChI is InChI=1S/C19H28N2O/c1-13(22)17-12-20-18(16-9-5-4-8-15(16)17)21-14-7-6-10-19(2,3)11-14/h12,14H,4-11H2,1-3H3,(H,20,21). The molecule has 120 valence electrons. The van der Waals surface area contributed by atoms with Gasteiger partial charge in [-0.05, 0) is 68.4 Å². The van der Waals surface area contributed by atoms with Crippen LogP contribution in [0.15, 0.2) is 6.20 Å². The molecular formula is C19H28N2O. The van der Waals surface area contributed by atoms with E-state index in [9.17, 15) is 4.79 Å². The van der Waals surface area contributed by atoms with Gasteiger partial charge in [-0.1, -0.05) is 20.3 Å². The maximum atomic E-state index is 11.8. The Morgan fingerprint density at radius 1 is 1.23 bits per heavy atom. The molecule has 2 aliphatic carbocycles. The maximum Gasteiger partial charge on any atom is 0.161 e. The van der Waals surface area contributed by atoms with E-state index in [1.54, 1.807) is 13.1 Å². The first kappa shape index (κ1) is 15.5. The molecule has 3 nitrogen and oxygen atoms in total. The summed E-state index contributed by atoms with van der Waals surface area (Å²) >= 11 is 0. The van der Waals surface area contributed by atoms with Gasteiger partial charge in [-0.15, -0.1) is 0 Å². The number of carbonyl (C=O) groups is 1. The van der Waals surface area contributed by atoms with Crippen molar-refractivity contribution in [3.05, 3.63) is 22.9 Å². The Bertz CT molecular complexity index is 577. The maximum absolute atomic E-state index is 11.8. The van der Waals surface area contributed by atoms with Gasteiger partial charge in [0, 0.05) is 17.8 Å². The lowest BCUT2D eigenvalue weighted by Crippen LogP contribution is -2.32. The first-order valence-corrected chi connectivity index (χ1v) is 8.74. The van der Waals surface area contributed by atoms with Crippen LogP contribution in [-0.2, 0) is 12.8 Å². The van der Waals surface area contributed by atoms with Crippen molar-refractivity contribution in [1.29, 1.82) is 0 Å². The lowest BCUT2D eigenvalue weighted by Gasteiger charge is -2.36. The molecule has 2 aliphatic rings. The summed E-state index contributed by atoms with van der Waals surface area (Å²) in [5.41, 5.74) is 3.83. The summed E-state index contributed by atoms with van der Waals surface area (Å²) in [6.07, 6.45) is 11.3. The van der Waals surface area contributed by atoms with Crippen molar-refractivity contribution in [2.75, 3.05) is 5.32 Å².